The van der Waals surface area contributed by atoms with Gasteiger partial charge >= 0.3 is 0 Å². The Hall–Kier alpha value is -1.13. The van der Waals surface area contributed by atoms with Crippen LogP contribution in [0.1, 0.15) is 33.6 Å². The minimum atomic E-state index is 0.535. The molecule has 0 amide bonds. The van der Waals surface area contributed by atoms with Gasteiger partial charge in [-0.1, -0.05) is 18.5 Å². The summed E-state index contributed by atoms with van der Waals surface area (Å²) in [6, 6.07) is 2.21. The van der Waals surface area contributed by atoms with E-state index in [0.717, 1.165) is 30.2 Å². The summed E-state index contributed by atoms with van der Waals surface area (Å²) in [6.45, 7) is 9.02. The van der Waals surface area contributed by atoms with E-state index in [1.807, 2.05) is 25.2 Å². The van der Waals surface area contributed by atoms with Crippen LogP contribution in [-0.4, -0.2) is 9.97 Å². The molecule has 0 aromatic carbocycles. The maximum absolute atomic E-state index is 6.12. The highest BCUT2D eigenvalue weighted by atomic mass is 35.5. The minimum Gasteiger partial charge on any atom is -0.365 e. The number of nitrogens with zero attached hydrogens (tertiary/aromatic N) is 2. The first-order chi connectivity index (χ1) is 9.01. The Kier molecular flexibility index (Phi) is 4.42. The summed E-state index contributed by atoms with van der Waals surface area (Å²) >= 11 is 7.94. The highest BCUT2D eigenvalue weighted by Crippen LogP contribution is 2.24. The molecule has 0 saturated carbocycles. The molecule has 0 atom stereocenters. The average Bonchev–Trinajstić information content (AvgIpc) is 2.70. The molecular weight excluding hydrogens is 278 g/mol. The molecule has 0 aliphatic carbocycles. The van der Waals surface area contributed by atoms with Gasteiger partial charge in [-0.3, -0.25) is 0 Å². The topological polar surface area (TPSA) is 37.8 Å². The second kappa shape index (κ2) is 5.88. The Morgan fingerprint density at radius 3 is 2.58 bits per heavy atom. The molecule has 2 aromatic rings. The number of hydrogen-bond acceptors (Lipinski definition) is 4. The second-order valence-corrected chi connectivity index (χ2v) is 6.26. The molecule has 3 nitrogen and oxygen atoms in total. The maximum atomic E-state index is 6.12. The van der Waals surface area contributed by atoms with Gasteiger partial charge in [0.2, 0.25) is 0 Å². The van der Waals surface area contributed by atoms with E-state index >= 15 is 0 Å². The van der Waals surface area contributed by atoms with E-state index in [9.17, 15) is 0 Å². The van der Waals surface area contributed by atoms with Crippen molar-refractivity contribution in [2.75, 3.05) is 5.32 Å². The predicted molar refractivity (Wildman–Crippen MR) is 82.3 cm³/mol. The quantitative estimate of drug-likeness (QED) is 0.855. The smallest absolute Gasteiger partial charge is 0.137 e. The zero-order valence-corrected chi connectivity index (χ0v) is 13.2. The number of hydrogen-bond donors (Lipinski definition) is 1. The largest absolute Gasteiger partial charge is 0.365 e. The molecule has 1 N–H and O–H groups in total. The molecule has 0 aliphatic heterocycles. The van der Waals surface area contributed by atoms with Crippen molar-refractivity contribution in [1.29, 1.82) is 0 Å². The molecule has 0 radical (unpaired) electrons. The van der Waals surface area contributed by atoms with Gasteiger partial charge in [0.1, 0.15) is 16.8 Å². The fourth-order valence-electron chi connectivity index (χ4n) is 1.77. The van der Waals surface area contributed by atoms with Crippen molar-refractivity contribution in [3.8, 4) is 0 Å². The van der Waals surface area contributed by atoms with Gasteiger partial charge in [-0.25, -0.2) is 9.97 Å². The number of halogens is 1. The molecule has 0 fully saturated rings. The molecule has 0 spiro atoms. The van der Waals surface area contributed by atoms with Gasteiger partial charge in [-0.15, -0.1) is 11.3 Å². The van der Waals surface area contributed by atoms with Gasteiger partial charge < -0.3 is 5.32 Å². The molecule has 102 valence electrons. The van der Waals surface area contributed by atoms with Gasteiger partial charge in [0.05, 0.1) is 6.54 Å². The number of rotatable bonds is 4. The third-order valence-electron chi connectivity index (χ3n) is 3.10. The Morgan fingerprint density at radius 1 is 1.26 bits per heavy atom. The molecule has 2 heterocycles. The van der Waals surface area contributed by atoms with Crippen LogP contribution in [-0.2, 0) is 13.0 Å². The molecule has 5 heteroatoms. The number of nitrogens with one attached hydrogen (secondary N) is 1. The van der Waals surface area contributed by atoms with Crippen molar-refractivity contribution in [2.24, 2.45) is 0 Å². The van der Waals surface area contributed by atoms with E-state index in [-0.39, 0.29) is 0 Å². The van der Waals surface area contributed by atoms with Crippen LogP contribution >= 0.6 is 22.9 Å². The molecule has 2 aromatic heterocycles. The maximum Gasteiger partial charge on any atom is 0.137 e. The molecular formula is C14H18ClN3S. The van der Waals surface area contributed by atoms with Crippen molar-refractivity contribution >= 4 is 28.8 Å². The number of anilines is 1. The third kappa shape index (κ3) is 3.25. The van der Waals surface area contributed by atoms with Crippen molar-refractivity contribution < 1.29 is 0 Å². The van der Waals surface area contributed by atoms with Gasteiger partial charge in [0, 0.05) is 21.7 Å². The van der Waals surface area contributed by atoms with Gasteiger partial charge in [0.15, 0.2) is 0 Å². The van der Waals surface area contributed by atoms with Crippen molar-refractivity contribution in [1.82, 2.24) is 9.97 Å². The Labute approximate surface area is 123 Å². The molecule has 0 aliphatic rings. The van der Waals surface area contributed by atoms with E-state index in [4.69, 9.17) is 11.6 Å². The summed E-state index contributed by atoms with van der Waals surface area (Å²) in [5.74, 6) is 1.61. The van der Waals surface area contributed by atoms with E-state index < -0.39 is 0 Å². The van der Waals surface area contributed by atoms with Crippen LogP contribution in [0, 0.1) is 20.8 Å². The first-order valence-corrected chi connectivity index (χ1v) is 7.53. The van der Waals surface area contributed by atoms with E-state index in [1.54, 1.807) is 0 Å². The summed E-state index contributed by atoms with van der Waals surface area (Å²) in [7, 11) is 0. The van der Waals surface area contributed by atoms with E-state index in [0.29, 0.717) is 5.15 Å². The minimum absolute atomic E-state index is 0.535. The zero-order valence-electron chi connectivity index (χ0n) is 11.7. The molecule has 0 saturated heterocycles. The summed E-state index contributed by atoms with van der Waals surface area (Å²) < 4.78 is 0. The average molecular weight is 296 g/mol. The lowest BCUT2D eigenvalue weighted by molar-refractivity contribution is 0.924. The predicted octanol–water partition coefficient (Wildman–Crippen LogP) is 4.29. The Bertz CT molecular complexity index is 573. The fourth-order valence-corrected chi connectivity index (χ4v) is 2.95. The SMILES string of the molecule is CCc1nc(Cl)c(C)c(NCc2cc(C)c(C)s2)n1. The number of thiophene rings is 1. The first kappa shape index (κ1) is 14.3. The van der Waals surface area contributed by atoms with Crippen LogP contribution in [0.5, 0.6) is 0 Å². The summed E-state index contributed by atoms with van der Waals surface area (Å²) in [5.41, 5.74) is 2.25. The van der Waals surface area contributed by atoms with Crippen LogP contribution in [0.15, 0.2) is 6.07 Å². The molecule has 0 unspecified atom stereocenters. The van der Waals surface area contributed by atoms with E-state index in [1.165, 1.54) is 15.3 Å². The summed E-state index contributed by atoms with van der Waals surface area (Å²) in [6.07, 6.45) is 0.784. The normalized spacial score (nSPS) is 10.8. The van der Waals surface area contributed by atoms with Gasteiger partial charge in [-0.2, -0.15) is 0 Å². The monoisotopic (exact) mass is 295 g/mol. The van der Waals surface area contributed by atoms with Crippen molar-refractivity contribution in [2.45, 2.75) is 40.7 Å². The lowest BCUT2D eigenvalue weighted by Crippen LogP contribution is -2.06. The third-order valence-corrected chi connectivity index (χ3v) is 4.62. The van der Waals surface area contributed by atoms with Crippen molar-refractivity contribution in [3.05, 3.63) is 37.9 Å². The lowest BCUT2D eigenvalue weighted by atomic mass is 10.3. The summed E-state index contributed by atoms with van der Waals surface area (Å²) in [4.78, 5) is 11.4. The zero-order chi connectivity index (χ0) is 14.0. The lowest BCUT2D eigenvalue weighted by Gasteiger charge is -2.10. The van der Waals surface area contributed by atoms with Gasteiger partial charge in [0.25, 0.3) is 0 Å². The highest BCUT2D eigenvalue weighted by molar-refractivity contribution is 7.12. The van der Waals surface area contributed by atoms with Crippen LogP contribution < -0.4 is 5.32 Å². The van der Waals surface area contributed by atoms with Gasteiger partial charge in [-0.05, 0) is 32.4 Å². The molecule has 2 rings (SSSR count). The summed E-state index contributed by atoms with van der Waals surface area (Å²) in [5, 5.41) is 3.90. The van der Waals surface area contributed by atoms with E-state index in [2.05, 4.69) is 35.2 Å². The Balaban J connectivity index is 2.17. The van der Waals surface area contributed by atoms with Crippen LogP contribution in [0.2, 0.25) is 5.15 Å². The Morgan fingerprint density at radius 2 is 2.00 bits per heavy atom. The first-order valence-electron chi connectivity index (χ1n) is 6.34. The number of aryl methyl sites for hydroxylation is 3. The van der Waals surface area contributed by atoms with Crippen molar-refractivity contribution in [3.63, 3.8) is 0 Å². The second-order valence-electron chi connectivity index (χ2n) is 4.56. The van der Waals surface area contributed by atoms with Crippen LogP contribution in [0.25, 0.3) is 0 Å². The highest BCUT2D eigenvalue weighted by Gasteiger charge is 2.09. The molecule has 19 heavy (non-hydrogen) atoms. The fraction of sp³-hybridized carbons (Fsp3) is 0.429. The van der Waals surface area contributed by atoms with Crippen LogP contribution in [0.4, 0.5) is 5.82 Å². The van der Waals surface area contributed by atoms with Crippen LogP contribution in [0.3, 0.4) is 0 Å². The molecule has 0 bridgehead atoms. The standard InChI is InChI=1S/C14H18ClN3S/c1-5-12-17-13(15)9(3)14(18-12)16-7-11-6-8(2)10(4)19-11/h6H,5,7H2,1-4H3,(H,16,17,18). The number of aromatic nitrogens is 2.